The molecule has 1 aliphatic rings. The Bertz CT molecular complexity index is 743. The van der Waals surface area contributed by atoms with E-state index >= 15 is 0 Å². The van der Waals surface area contributed by atoms with Gasteiger partial charge in [-0.15, -0.1) is 0 Å². The van der Waals surface area contributed by atoms with Gasteiger partial charge in [0.15, 0.2) is 0 Å². The van der Waals surface area contributed by atoms with Crippen molar-refractivity contribution in [2.45, 2.75) is 6.10 Å². The fourth-order valence-corrected chi connectivity index (χ4v) is 3.13. The van der Waals surface area contributed by atoms with Crippen LogP contribution in [0.1, 0.15) is 22.0 Å². The Morgan fingerprint density at radius 2 is 1.84 bits per heavy atom. The van der Waals surface area contributed by atoms with E-state index in [4.69, 9.17) is 25.8 Å². The van der Waals surface area contributed by atoms with Crippen molar-refractivity contribution in [1.29, 1.82) is 0 Å². The summed E-state index contributed by atoms with van der Waals surface area (Å²) in [5.74, 6) is 1.08. The molecule has 1 aliphatic heterocycles. The summed E-state index contributed by atoms with van der Waals surface area (Å²) in [6.07, 6.45) is -0.237. The van der Waals surface area contributed by atoms with Gasteiger partial charge in [0, 0.05) is 28.8 Å². The summed E-state index contributed by atoms with van der Waals surface area (Å²) in [5.41, 5.74) is 1.42. The van der Waals surface area contributed by atoms with Gasteiger partial charge in [-0.1, -0.05) is 29.8 Å². The van der Waals surface area contributed by atoms with Gasteiger partial charge in [0.05, 0.1) is 27.4 Å². The molecule has 0 saturated carbocycles. The van der Waals surface area contributed by atoms with Gasteiger partial charge in [-0.2, -0.15) is 0 Å². The van der Waals surface area contributed by atoms with Gasteiger partial charge in [0.2, 0.25) is 0 Å². The largest absolute Gasteiger partial charge is 0.497 e. The lowest BCUT2D eigenvalue weighted by Crippen LogP contribution is -2.42. The first-order valence-electron chi connectivity index (χ1n) is 8.00. The van der Waals surface area contributed by atoms with Crippen molar-refractivity contribution in [2.24, 2.45) is 0 Å². The highest BCUT2D eigenvalue weighted by Crippen LogP contribution is 2.30. The summed E-state index contributed by atoms with van der Waals surface area (Å²) in [7, 11) is 3.12. The average Bonchev–Trinajstić information content (AvgIpc) is 2.67. The molecule has 25 heavy (non-hydrogen) atoms. The lowest BCUT2D eigenvalue weighted by molar-refractivity contribution is -0.0227. The smallest absolute Gasteiger partial charge is 0.254 e. The fourth-order valence-electron chi connectivity index (χ4n) is 2.87. The molecule has 1 unspecified atom stereocenters. The van der Waals surface area contributed by atoms with Crippen LogP contribution in [0.5, 0.6) is 11.5 Å². The molecule has 0 aliphatic carbocycles. The molecule has 2 aromatic carbocycles. The first kappa shape index (κ1) is 17.6. The van der Waals surface area contributed by atoms with Crippen LogP contribution in [0.2, 0.25) is 5.02 Å². The standard InChI is InChI=1S/C19H20ClNO4/c1-23-14-9-13(10-15(11-14)24-2)19(22)21-7-8-25-18(12-21)16-5-3-4-6-17(16)20/h3-6,9-11,18H,7-8,12H2,1-2H3. The van der Waals surface area contributed by atoms with Gasteiger partial charge >= 0.3 is 0 Å². The molecular formula is C19H20ClNO4. The lowest BCUT2D eigenvalue weighted by atomic mass is 10.1. The minimum absolute atomic E-state index is 0.0856. The molecule has 1 heterocycles. The van der Waals surface area contributed by atoms with E-state index in [9.17, 15) is 4.79 Å². The van der Waals surface area contributed by atoms with Gasteiger partial charge < -0.3 is 19.1 Å². The molecule has 0 bridgehead atoms. The van der Waals surface area contributed by atoms with Crippen LogP contribution >= 0.6 is 11.6 Å². The number of nitrogens with zero attached hydrogens (tertiary/aromatic N) is 1. The molecule has 0 spiro atoms. The number of ether oxygens (including phenoxy) is 3. The summed E-state index contributed by atoms with van der Waals surface area (Å²) in [5, 5.41) is 0.643. The third kappa shape index (κ3) is 3.89. The monoisotopic (exact) mass is 361 g/mol. The summed E-state index contributed by atoms with van der Waals surface area (Å²) >= 11 is 6.26. The van der Waals surface area contributed by atoms with E-state index in [-0.39, 0.29) is 12.0 Å². The summed E-state index contributed by atoms with van der Waals surface area (Å²) in [6, 6.07) is 12.7. The second-order valence-electron chi connectivity index (χ2n) is 5.73. The van der Waals surface area contributed by atoms with E-state index in [0.29, 0.717) is 41.8 Å². The number of benzene rings is 2. The highest BCUT2D eigenvalue weighted by molar-refractivity contribution is 6.31. The summed E-state index contributed by atoms with van der Waals surface area (Å²) < 4.78 is 16.3. The summed E-state index contributed by atoms with van der Waals surface area (Å²) in [6.45, 7) is 1.43. The normalized spacial score (nSPS) is 17.2. The first-order valence-corrected chi connectivity index (χ1v) is 8.38. The molecule has 2 aromatic rings. The van der Waals surface area contributed by atoms with Crippen molar-refractivity contribution in [3.63, 3.8) is 0 Å². The van der Waals surface area contributed by atoms with Gasteiger partial charge in [-0.3, -0.25) is 4.79 Å². The third-order valence-electron chi connectivity index (χ3n) is 4.20. The fraction of sp³-hybridized carbons (Fsp3) is 0.316. The van der Waals surface area contributed by atoms with E-state index in [1.807, 2.05) is 24.3 Å². The maximum absolute atomic E-state index is 12.9. The van der Waals surface area contributed by atoms with Gasteiger partial charge in [-0.25, -0.2) is 0 Å². The molecule has 5 nitrogen and oxygen atoms in total. The zero-order valence-electron chi connectivity index (χ0n) is 14.2. The van der Waals surface area contributed by atoms with Crippen molar-refractivity contribution < 1.29 is 19.0 Å². The number of carbonyl (C=O) groups excluding carboxylic acids is 1. The van der Waals surface area contributed by atoms with Crippen LogP contribution in [0.3, 0.4) is 0 Å². The van der Waals surface area contributed by atoms with Crippen LogP contribution in [0.15, 0.2) is 42.5 Å². The lowest BCUT2D eigenvalue weighted by Gasteiger charge is -2.33. The number of amides is 1. The second kappa shape index (κ2) is 7.76. The van der Waals surface area contributed by atoms with Gasteiger partial charge in [-0.05, 0) is 18.2 Å². The summed E-state index contributed by atoms with van der Waals surface area (Å²) in [4.78, 5) is 14.7. The molecule has 1 amide bonds. The molecule has 3 rings (SSSR count). The minimum Gasteiger partial charge on any atom is -0.497 e. The van der Waals surface area contributed by atoms with Crippen molar-refractivity contribution >= 4 is 17.5 Å². The Kier molecular flexibility index (Phi) is 5.46. The number of methoxy groups -OCH3 is 2. The van der Waals surface area contributed by atoms with Crippen LogP contribution in [0.4, 0.5) is 0 Å². The highest BCUT2D eigenvalue weighted by atomic mass is 35.5. The number of hydrogen-bond donors (Lipinski definition) is 0. The number of carbonyl (C=O) groups is 1. The molecular weight excluding hydrogens is 342 g/mol. The van der Waals surface area contributed by atoms with E-state index in [0.717, 1.165) is 5.56 Å². The minimum atomic E-state index is -0.237. The van der Waals surface area contributed by atoms with Crippen LogP contribution in [0, 0.1) is 0 Å². The van der Waals surface area contributed by atoms with Gasteiger partial charge in [0.25, 0.3) is 5.91 Å². The van der Waals surface area contributed by atoms with E-state index < -0.39 is 0 Å². The molecule has 0 radical (unpaired) electrons. The zero-order valence-corrected chi connectivity index (χ0v) is 15.0. The number of morpholine rings is 1. The molecule has 0 N–H and O–H groups in total. The van der Waals surface area contributed by atoms with Crippen LogP contribution in [-0.2, 0) is 4.74 Å². The number of rotatable bonds is 4. The third-order valence-corrected chi connectivity index (χ3v) is 4.55. The maximum Gasteiger partial charge on any atom is 0.254 e. The van der Waals surface area contributed by atoms with Crippen LogP contribution < -0.4 is 9.47 Å². The van der Waals surface area contributed by atoms with Crippen molar-refractivity contribution in [3.8, 4) is 11.5 Å². The van der Waals surface area contributed by atoms with Crippen LogP contribution in [0.25, 0.3) is 0 Å². The molecule has 6 heteroatoms. The molecule has 0 aromatic heterocycles. The van der Waals surface area contributed by atoms with Crippen LogP contribution in [-0.4, -0.2) is 44.7 Å². The molecule has 132 valence electrons. The SMILES string of the molecule is COc1cc(OC)cc(C(=O)N2CCOC(c3ccccc3Cl)C2)c1. The Morgan fingerprint density at radius 1 is 1.16 bits per heavy atom. The van der Waals surface area contributed by atoms with Crippen molar-refractivity contribution in [2.75, 3.05) is 33.9 Å². The second-order valence-corrected chi connectivity index (χ2v) is 6.14. The molecule has 1 fully saturated rings. The number of hydrogen-bond acceptors (Lipinski definition) is 4. The Balaban J connectivity index is 1.82. The Labute approximate surface area is 152 Å². The average molecular weight is 362 g/mol. The topological polar surface area (TPSA) is 48.0 Å². The quantitative estimate of drug-likeness (QED) is 0.835. The zero-order chi connectivity index (χ0) is 17.8. The molecule has 1 atom stereocenters. The van der Waals surface area contributed by atoms with E-state index in [2.05, 4.69) is 0 Å². The molecule has 1 saturated heterocycles. The predicted octanol–water partition coefficient (Wildman–Crippen LogP) is 3.57. The van der Waals surface area contributed by atoms with E-state index in [1.165, 1.54) is 0 Å². The first-order chi connectivity index (χ1) is 12.1. The Hall–Kier alpha value is -2.24. The Morgan fingerprint density at radius 3 is 2.48 bits per heavy atom. The highest BCUT2D eigenvalue weighted by Gasteiger charge is 2.27. The maximum atomic E-state index is 12.9. The van der Waals surface area contributed by atoms with Crippen molar-refractivity contribution in [3.05, 3.63) is 58.6 Å². The van der Waals surface area contributed by atoms with E-state index in [1.54, 1.807) is 37.3 Å². The van der Waals surface area contributed by atoms with Crippen molar-refractivity contribution in [1.82, 2.24) is 4.90 Å². The van der Waals surface area contributed by atoms with Gasteiger partial charge in [0.1, 0.15) is 17.6 Å². The predicted molar refractivity (Wildman–Crippen MR) is 95.6 cm³/mol. The number of halogens is 1.